The quantitative estimate of drug-likeness (QED) is 0.0514. The summed E-state index contributed by atoms with van der Waals surface area (Å²) in [6, 6.07) is 33.2. The second-order valence-corrected chi connectivity index (χ2v) is 14.8. The minimum atomic E-state index is -7.22. The van der Waals surface area contributed by atoms with Crippen LogP contribution in [0.15, 0.2) is 91.0 Å². The molecule has 2 nitrogen and oxygen atoms in total. The van der Waals surface area contributed by atoms with Crippen molar-refractivity contribution in [2.24, 2.45) is 0 Å². The summed E-state index contributed by atoms with van der Waals surface area (Å²) >= 11 is 0. The number of aromatic nitrogens is 1. The molecule has 0 bridgehead atoms. The SMILES string of the molecule is Fc1c(F)c(F)c([B-](c2c(F)c(F)c(F)c(F)c2F)(c2c(F)c(F)c(F)c(F)c2F)c2c(F)c(F)c(F)c(F)c2F)c(F)c1F.N#Cc1ccc(-c2ccc3ccccc3[n+]2Cc2ccccc2)cc1. The zero-order valence-corrected chi connectivity index (χ0v) is 33.9. The summed E-state index contributed by atoms with van der Waals surface area (Å²) in [5.41, 5.74) is -8.93. The van der Waals surface area contributed by atoms with Crippen LogP contribution >= 0.6 is 0 Å². The van der Waals surface area contributed by atoms with Crippen LogP contribution in [0.5, 0.6) is 0 Å². The normalized spacial score (nSPS) is 11.5. The van der Waals surface area contributed by atoms with E-state index in [1.807, 2.05) is 30.3 Å². The maximum atomic E-state index is 15.4. The van der Waals surface area contributed by atoms with Gasteiger partial charge in [0.25, 0.3) is 0 Å². The van der Waals surface area contributed by atoms with Gasteiger partial charge in [-0.15, -0.1) is 21.9 Å². The minimum Gasteiger partial charge on any atom is -0.207 e. The summed E-state index contributed by atoms with van der Waals surface area (Å²) in [5, 5.41) is 10.3. The zero-order valence-electron chi connectivity index (χ0n) is 33.9. The monoisotopic (exact) mass is 1000 g/mol. The first-order valence-corrected chi connectivity index (χ1v) is 19.2. The van der Waals surface area contributed by atoms with Gasteiger partial charge in [-0.25, -0.2) is 87.8 Å². The van der Waals surface area contributed by atoms with Crippen molar-refractivity contribution in [1.82, 2.24) is 0 Å². The highest BCUT2D eigenvalue weighted by Gasteiger charge is 2.52. The minimum absolute atomic E-state index is 0.680. The third kappa shape index (κ3) is 7.80. The molecule has 0 spiro atoms. The highest BCUT2D eigenvalue weighted by Crippen LogP contribution is 2.31. The van der Waals surface area contributed by atoms with Crippen molar-refractivity contribution in [3.63, 3.8) is 0 Å². The van der Waals surface area contributed by atoms with E-state index in [9.17, 15) is 52.7 Å². The number of halogens is 20. The predicted octanol–water partition coefficient (Wildman–Crippen LogP) is 10.6. The molecule has 0 aliphatic carbocycles. The first kappa shape index (κ1) is 50.0. The Morgan fingerprint density at radius 1 is 0.343 bits per heavy atom. The number of nitriles is 1. The Kier molecular flexibility index (Phi) is 13.5. The fourth-order valence-electron chi connectivity index (χ4n) is 8.04. The lowest BCUT2D eigenvalue weighted by Gasteiger charge is -2.44. The molecule has 70 heavy (non-hydrogen) atoms. The Balaban J connectivity index is 0.000000242. The molecule has 0 saturated heterocycles. The van der Waals surface area contributed by atoms with Crippen molar-refractivity contribution < 1.29 is 92.4 Å². The molecule has 0 saturated carbocycles. The molecule has 0 aliphatic heterocycles. The predicted molar refractivity (Wildman–Crippen MR) is 209 cm³/mol. The van der Waals surface area contributed by atoms with Crippen molar-refractivity contribution in [2.45, 2.75) is 6.54 Å². The van der Waals surface area contributed by atoms with E-state index in [0.29, 0.717) is 5.56 Å². The Labute approximate surface area is 378 Å². The summed E-state index contributed by atoms with van der Waals surface area (Å²) in [7, 11) is 0. The van der Waals surface area contributed by atoms with Gasteiger partial charge >= 0.3 is 0 Å². The van der Waals surface area contributed by atoms with Gasteiger partial charge in [0.05, 0.1) is 11.6 Å². The molecule has 0 unspecified atom stereocenters. The lowest BCUT2D eigenvalue weighted by atomic mass is 9.12. The average Bonchev–Trinajstić information content (AvgIpc) is 3.36. The van der Waals surface area contributed by atoms with Gasteiger partial charge in [0, 0.05) is 28.6 Å². The van der Waals surface area contributed by atoms with E-state index < -0.39 is 144 Å². The third-order valence-corrected chi connectivity index (χ3v) is 11.1. The molecule has 1 aromatic heterocycles. The first-order chi connectivity index (χ1) is 33.0. The Morgan fingerprint density at radius 3 is 1.00 bits per heavy atom. The summed E-state index contributed by atoms with van der Waals surface area (Å²) in [4.78, 5) is 0. The van der Waals surface area contributed by atoms with Crippen LogP contribution in [0.3, 0.4) is 0 Å². The second kappa shape index (κ2) is 18.9. The van der Waals surface area contributed by atoms with Gasteiger partial charge < -0.3 is 0 Å². The molecule has 23 heteroatoms. The van der Waals surface area contributed by atoms with Crippen LogP contribution in [0.25, 0.3) is 22.2 Å². The van der Waals surface area contributed by atoms with Crippen LogP contribution in [0.4, 0.5) is 87.8 Å². The van der Waals surface area contributed by atoms with E-state index in [1.165, 1.54) is 16.5 Å². The van der Waals surface area contributed by atoms with E-state index in [-0.39, 0.29) is 0 Å². The van der Waals surface area contributed by atoms with Crippen LogP contribution in [0.1, 0.15) is 11.1 Å². The topological polar surface area (TPSA) is 27.7 Å². The van der Waals surface area contributed by atoms with Crippen molar-refractivity contribution in [3.8, 4) is 17.3 Å². The molecule has 0 radical (unpaired) electrons. The number of rotatable bonds is 7. The molecule has 7 aromatic carbocycles. The lowest BCUT2D eigenvalue weighted by Crippen LogP contribution is -2.81. The van der Waals surface area contributed by atoms with Gasteiger partial charge in [-0.3, -0.25) is 0 Å². The number of pyridine rings is 1. The molecule has 0 fully saturated rings. The highest BCUT2D eigenvalue weighted by atomic mass is 19.2. The number of fused-ring (bicyclic) bond motifs is 1. The summed E-state index contributed by atoms with van der Waals surface area (Å²) in [5.74, 6) is -71.4. The molecule has 1 heterocycles. The maximum Gasteiger partial charge on any atom is 0.213 e. The lowest BCUT2D eigenvalue weighted by molar-refractivity contribution is -0.651. The maximum absolute atomic E-state index is 15.4. The fraction of sp³-hybridized carbons (Fsp3) is 0.0213. The molecule has 0 N–H and O–H groups in total. The summed E-state index contributed by atoms with van der Waals surface area (Å²) in [6.45, 7) is 0.803. The van der Waals surface area contributed by atoms with Gasteiger partial charge in [0.15, 0.2) is 76.4 Å². The molecular weight excluding hydrogens is 983 g/mol. The third-order valence-electron chi connectivity index (χ3n) is 11.1. The van der Waals surface area contributed by atoms with E-state index in [1.54, 1.807) is 0 Å². The Hall–Kier alpha value is -7.90. The largest absolute Gasteiger partial charge is 0.213 e. The van der Waals surface area contributed by atoms with Gasteiger partial charge in [0.2, 0.25) is 11.2 Å². The van der Waals surface area contributed by atoms with Crippen molar-refractivity contribution >= 4 is 38.9 Å². The fourth-order valence-corrected chi connectivity index (χ4v) is 8.04. The summed E-state index contributed by atoms with van der Waals surface area (Å²) in [6.07, 6.45) is -7.22. The molecule has 358 valence electrons. The number of hydrogen-bond donors (Lipinski definition) is 0. The van der Waals surface area contributed by atoms with Gasteiger partial charge in [-0.2, -0.15) is 9.83 Å². The standard InChI is InChI=1S/C24BF20.C23H17N2/c26-5-1(6(27)14(35)21(42)13(5)34)25(2-7(28)15(36)22(43)16(37)8(2)29,3-9(30)17(38)23(44)18(39)10(3)31)4-11(32)19(40)24(45)20(41)12(4)33;24-16-18-10-12-21(13-11-18)23-15-14-20-8-4-5-9-22(20)25(23)17-19-6-2-1-3-7-19/h;1-15H,17H2/q-1;+1. The Bertz CT molecular complexity index is 3090. The smallest absolute Gasteiger partial charge is 0.207 e. The van der Waals surface area contributed by atoms with Crippen LogP contribution < -0.4 is 26.4 Å². The van der Waals surface area contributed by atoms with Gasteiger partial charge in [0.1, 0.15) is 52.7 Å². The number of nitrogens with zero attached hydrogens (tertiary/aromatic N) is 2. The van der Waals surface area contributed by atoms with E-state index in [0.717, 1.165) is 17.8 Å². The highest BCUT2D eigenvalue weighted by molar-refractivity contribution is 7.20. The summed E-state index contributed by atoms with van der Waals surface area (Å²) < 4.78 is 296. The van der Waals surface area contributed by atoms with E-state index >= 15 is 35.1 Å². The van der Waals surface area contributed by atoms with Crippen LogP contribution in [0.2, 0.25) is 0 Å². The molecule has 0 amide bonds. The van der Waals surface area contributed by atoms with E-state index in [2.05, 4.69) is 71.3 Å². The average molecular weight is 1000 g/mol. The van der Waals surface area contributed by atoms with Crippen LogP contribution in [-0.2, 0) is 6.54 Å². The van der Waals surface area contributed by atoms with Crippen molar-refractivity contribution in [1.29, 1.82) is 5.26 Å². The molecule has 0 atom stereocenters. The van der Waals surface area contributed by atoms with Crippen molar-refractivity contribution in [2.75, 3.05) is 0 Å². The van der Waals surface area contributed by atoms with Crippen LogP contribution in [0, 0.1) is 128 Å². The van der Waals surface area contributed by atoms with Gasteiger partial charge in [-0.05, 0) is 36.4 Å². The molecular formula is C47H17BF20N2. The number of benzene rings is 7. The number of hydrogen-bond acceptors (Lipinski definition) is 1. The second-order valence-electron chi connectivity index (χ2n) is 14.8. The molecule has 8 rings (SSSR count). The first-order valence-electron chi connectivity index (χ1n) is 19.2. The van der Waals surface area contributed by atoms with Gasteiger partial charge in [-0.1, -0.05) is 42.5 Å². The van der Waals surface area contributed by atoms with Crippen LogP contribution in [-0.4, -0.2) is 6.15 Å². The molecule has 8 aromatic rings. The van der Waals surface area contributed by atoms with Crippen molar-refractivity contribution in [3.05, 3.63) is 218 Å². The number of para-hydroxylation sites is 1. The molecule has 0 aliphatic rings. The zero-order chi connectivity index (χ0) is 51.4. The Morgan fingerprint density at radius 2 is 0.657 bits per heavy atom. The van der Waals surface area contributed by atoms with E-state index in [4.69, 9.17) is 5.26 Å².